The smallest absolute Gasteiger partial charge is 0.265 e. The Hall–Kier alpha value is -1.71. The molecule has 0 saturated carbocycles. The molecule has 0 bridgehead atoms. The van der Waals surface area contributed by atoms with Gasteiger partial charge < -0.3 is 5.73 Å². The van der Waals surface area contributed by atoms with E-state index in [1.165, 1.54) is 12.3 Å². The topological polar surface area (TPSA) is 38.9 Å². The van der Waals surface area contributed by atoms with Crippen molar-refractivity contribution in [2.75, 3.05) is 5.73 Å². The maximum atomic E-state index is 12.3. The van der Waals surface area contributed by atoms with Gasteiger partial charge in [0, 0.05) is 22.8 Å². The van der Waals surface area contributed by atoms with E-state index in [9.17, 15) is 8.78 Å². The normalized spacial score (nSPS) is 11.1. The van der Waals surface area contributed by atoms with Crippen LogP contribution in [0, 0.1) is 0 Å². The maximum absolute atomic E-state index is 12.3. The molecule has 0 fully saturated rings. The quantitative estimate of drug-likeness (QED) is 0.709. The van der Waals surface area contributed by atoms with Gasteiger partial charge in [-0.2, -0.15) is 0 Å². The third-order valence-corrected chi connectivity index (χ3v) is 1.98. The first kappa shape index (κ1) is 8.87. The summed E-state index contributed by atoms with van der Waals surface area (Å²) < 4.78 is 24.6. The fraction of sp³-hybridized carbons (Fsp3) is 0.100. The summed E-state index contributed by atoms with van der Waals surface area (Å²) in [4.78, 5) is 3.91. The van der Waals surface area contributed by atoms with Crippen molar-refractivity contribution in [2.24, 2.45) is 0 Å². The summed E-state index contributed by atoms with van der Waals surface area (Å²) in [5.74, 6) is 0. The second-order valence-electron chi connectivity index (χ2n) is 3.02. The van der Waals surface area contributed by atoms with E-state index < -0.39 is 6.43 Å². The van der Waals surface area contributed by atoms with Crippen molar-refractivity contribution in [3.05, 3.63) is 36.0 Å². The number of aromatic nitrogens is 1. The SMILES string of the molecule is Nc1ccc2ncc(C(F)F)cc2c1. The number of nitrogens with zero attached hydrogens (tertiary/aromatic N) is 1. The van der Waals surface area contributed by atoms with Crippen LogP contribution in [0.3, 0.4) is 0 Å². The lowest BCUT2D eigenvalue weighted by Gasteiger charge is -2.02. The van der Waals surface area contributed by atoms with Crippen molar-refractivity contribution in [2.45, 2.75) is 6.43 Å². The zero-order valence-corrected chi connectivity index (χ0v) is 7.24. The summed E-state index contributed by atoms with van der Waals surface area (Å²) in [6, 6.07) is 6.44. The Morgan fingerprint density at radius 2 is 2.00 bits per heavy atom. The van der Waals surface area contributed by atoms with Gasteiger partial charge in [0.05, 0.1) is 5.52 Å². The molecule has 0 saturated heterocycles. The predicted octanol–water partition coefficient (Wildman–Crippen LogP) is 2.75. The van der Waals surface area contributed by atoms with Crippen molar-refractivity contribution < 1.29 is 8.78 Å². The fourth-order valence-corrected chi connectivity index (χ4v) is 1.29. The monoisotopic (exact) mass is 194 g/mol. The molecular formula is C10H8F2N2. The van der Waals surface area contributed by atoms with E-state index in [2.05, 4.69) is 4.98 Å². The van der Waals surface area contributed by atoms with Gasteiger partial charge >= 0.3 is 0 Å². The van der Waals surface area contributed by atoms with Crippen LogP contribution in [-0.2, 0) is 0 Å². The average molecular weight is 194 g/mol. The molecule has 2 N–H and O–H groups in total. The van der Waals surface area contributed by atoms with E-state index >= 15 is 0 Å². The number of hydrogen-bond donors (Lipinski definition) is 1. The Morgan fingerprint density at radius 3 is 2.71 bits per heavy atom. The number of anilines is 1. The zero-order chi connectivity index (χ0) is 10.1. The Kier molecular flexibility index (Phi) is 2.04. The lowest BCUT2D eigenvalue weighted by atomic mass is 10.1. The summed E-state index contributed by atoms with van der Waals surface area (Å²) in [6.07, 6.45) is -1.31. The third kappa shape index (κ3) is 1.51. The number of pyridine rings is 1. The largest absolute Gasteiger partial charge is 0.399 e. The molecule has 1 heterocycles. The number of benzene rings is 1. The molecular weight excluding hydrogens is 186 g/mol. The number of nitrogen functional groups attached to an aromatic ring is 1. The van der Waals surface area contributed by atoms with Crippen molar-refractivity contribution in [3.63, 3.8) is 0 Å². The molecule has 1 aromatic heterocycles. The summed E-state index contributed by atoms with van der Waals surface area (Å²) in [5, 5.41) is 0.641. The van der Waals surface area contributed by atoms with Crippen LogP contribution < -0.4 is 5.73 Å². The summed E-state index contributed by atoms with van der Waals surface area (Å²) >= 11 is 0. The van der Waals surface area contributed by atoms with Gasteiger partial charge in [-0.3, -0.25) is 4.98 Å². The average Bonchev–Trinajstić information content (AvgIpc) is 2.16. The number of hydrogen-bond acceptors (Lipinski definition) is 2. The minimum Gasteiger partial charge on any atom is -0.399 e. The molecule has 0 unspecified atom stereocenters. The van der Waals surface area contributed by atoms with Gasteiger partial charge in [0.1, 0.15) is 0 Å². The molecule has 72 valence electrons. The molecule has 2 aromatic rings. The number of nitrogens with two attached hydrogens (primary N) is 1. The molecule has 14 heavy (non-hydrogen) atoms. The van der Waals surface area contributed by atoms with Gasteiger partial charge in [-0.15, -0.1) is 0 Å². The summed E-state index contributed by atoms with van der Waals surface area (Å²) in [6.45, 7) is 0. The van der Waals surface area contributed by atoms with E-state index in [0.717, 1.165) is 0 Å². The van der Waals surface area contributed by atoms with Crippen LogP contribution in [0.25, 0.3) is 10.9 Å². The lowest BCUT2D eigenvalue weighted by molar-refractivity contribution is 0.151. The predicted molar refractivity (Wildman–Crippen MR) is 51.1 cm³/mol. The summed E-state index contributed by atoms with van der Waals surface area (Å²) in [5.41, 5.74) is 6.67. The highest BCUT2D eigenvalue weighted by Crippen LogP contribution is 2.22. The van der Waals surface area contributed by atoms with E-state index in [4.69, 9.17) is 5.73 Å². The fourth-order valence-electron chi connectivity index (χ4n) is 1.29. The first-order valence-electron chi connectivity index (χ1n) is 4.10. The molecule has 0 aliphatic rings. The minimum atomic E-state index is -2.49. The lowest BCUT2D eigenvalue weighted by Crippen LogP contribution is -1.89. The molecule has 2 nitrogen and oxygen atoms in total. The van der Waals surface area contributed by atoms with E-state index in [-0.39, 0.29) is 5.56 Å². The molecule has 0 spiro atoms. The molecule has 0 aliphatic heterocycles. The van der Waals surface area contributed by atoms with Crippen LogP contribution in [-0.4, -0.2) is 4.98 Å². The Bertz CT molecular complexity index is 469. The van der Waals surface area contributed by atoms with E-state index in [1.54, 1.807) is 18.2 Å². The summed E-state index contributed by atoms with van der Waals surface area (Å²) in [7, 11) is 0. The van der Waals surface area contributed by atoms with Crippen LogP contribution in [0.2, 0.25) is 0 Å². The van der Waals surface area contributed by atoms with Gasteiger partial charge in [0.2, 0.25) is 0 Å². The van der Waals surface area contributed by atoms with Crippen molar-refractivity contribution in [1.82, 2.24) is 4.98 Å². The second-order valence-corrected chi connectivity index (χ2v) is 3.02. The van der Waals surface area contributed by atoms with Gasteiger partial charge in [-0.05, 0) is 24.3 Å². The number of fused-ring (bicyclic) bond motifs is 1. The van der Waals surface area contributed by atoms with Crippen molar-refractivity contribution >= 4 is 16.6 Å². The van der Waals surface area contributed by atoms with Gasteiger partial charge in [0.25, 0.3) is 6.43 Å². The number of rotatable bonds is 1. The number of halogens is 2. The molecule has 0 atom stereocenters. The highest BCUT2D eigenvalue weighted by Gasteiger charge is 2.07. The van der Waals surface area contributed by atoms with Gasteiger partial charge in [0.15, 0.2) is 0 Å². The van der Waals surface area contributed by atoms with Crippen LogP contribution in [0.15, 0.2) is 30.5 Å². The van der Waals surface area contributed by atoms with Crippen LogP contribution in [0.4, 0.5) is 14.5 Å². The van der Waals surface area contributed by atoms with Crippen LogP contribution in [0.5, 0.6) is 0 Å². The van der Waals surface area contributed by atoms with Crippen molar-refractivity contribution in [3.8, 4) is 0 Å². The van der Waals surface area contributed by atoms with E-state index in [0.29, 0.717) is 16.6 Å². The molecule has 4 heteroatoms. The zero-order valence-electron chi connectivity index (χ0n) is 7.24. The number of alkyl halides is 2. The first-order chi connectivity index (χ1) is 6.66. The Balaban J connectivity index is 2.63. The molecule has 0 radical (unpaired) electrons. The van der Waals surface area contributed by atoms with E-state index in [1.807, 2.05) is 0 Å². The third-order valence-electron chi connectivity index (χ3n) is 1.98. The van der Waals surface area contributed by atoms with Crippen LogP contribution in [0.1, 0.15) is 12.0 Å². The minimum absolute atomic E-state index is 0.0805. The second kappa shape index (κ2) is 3.21. The highest BCUT2D eigenvalue weighted by molar-refractivity contribution is 5.82. The first-order valence-corrected chi connectivity index (χ1v) is 4.10. The molecule has 1 aromatic carbocycles. The maximum Gasteiger partial charge on any atom is 0.265 e. The van der Waals surface area contributed by atoms with Gasteiger partial charge in [-0.1, -0.05) is 0 Å². The molecule has 0 amide bonds. The van der Waals surface area contributed by atoms with Gasteiger partial charge in [-0.25, -0.2) is 8.78 Å². The standard InChI is InChI=1S/C10H8F2N2/c11-10(12)7-3-6-4-8(13)1-2-9(6)14-5-7/h1-5,10H,13H2. The molecule has 2 rings (SSSR count). The Labute approximate surface area is 79.4 Å². The van der Waals surface area contributed by atoms with Crippen molar-refractivity contribution in [1.29, 1.82) is 0 Å². The highest BCUT2D eigenvalue weighted by atomic mass is 19.3. The molecule has 0 aliphatic carbocycles. The van der Waals surface area contributed by atoms with Crippen LogP contribution >= 0.6 is 0 Å². The Morgan fingerprint density at radius 1 is 1.21 bits per heavy atom.